The van der Waals surface area contributed by atoms with Gasteiger partial charge in [0.15, 0.2) is 17.0 Å². The Kier molecular flexibility index (Phi) is 5.09. The van der Waals surface area contributed by atoms with Gasteiger partial charge < -0.3 is 25.0 Å². The molecule has 0 saturated carbocycles. The van der Waals surface area contributed by atoms with Crippen LogP contribution in [0.25, 0.3) is 11.2 Å². The number of hydrogen-bond donors (Lipinski definition) is 4. The molecule has 1 aliphatic rings. The maximum Gasteiger partial charge on any atom is 0.329 e. The number of imidazole rings is 1. The Labute approximate surface area is 154 Å². The minimum Gasteiger partial charge on any atom is -0.367 e. The van der Waals surface area contributed by atoms with Crippen LogP contribution in [0.2, 0.25) is 0 Å². The van der Waals surface area contributed by atoms with Crippen molar-refractivity contribution in [3.8, 4) is 0 Å². The fraction of sp³-hybridized carbons (Fsp3) is 0.643. The molecule has 0 bridgehead atoms. The minimum absolute atomic E-state index is 0.0963. The predicted molar refractivity (Wildman–Crippen MR) is 92.3 cm³/mol. The summed E-state index contributed by atoms with van der Waals surface area (Å²) >= 11 is 0. The standard InChI is InChI=1S/C14H21N5O7S/c1-9-17-11(15-5-7-27(22,23)24)10-12(18-9)19(8-16-10)13(4-3-6-26-13)14(20,21)25-2/h8,20-21H,3-7H2,1-2H3,(H,15,17,18)(H,22,23,24). The maximum atomic E-state index is 10.9. The van der Waals surface area contributed by atoms with Gasteiger partial charge in [-0.3, -0.25) is 9.12 Å². The van der Waals surface area contributed by atoms with Gasteiger partial charge in [0.2, 0.25) is 5.72 Å². The summed E-state index contributed by atoms with van der Waals surface area (Å²) in [5.74, 6) is -2.56. The van der Waals surface area contributed by atoms with Gasteiger partial charge in [0.05, 0.1) is 18.7 Å². The summed E-state index contributed by atoms with van der Waals surface area (Å²) in [5.41, 5.74) is -1.12. The van der Waals surface area contributed by atoms with E-state index in [1.165, 1.54) is 10.9 Å². The lowest BCUT2D eigenvalue weighted by Crippen LogP contribution is -2.56. The average molecular weight is 403 g/mol. The van der Waals surface area contributed by atoms with Crippen LogP contribution >= 0.6 is 0 Å². The number of nitrogens with one attached hydrogen (secondary N) is 1. The Hall–Kier alpha value is -1.90. The van der Waals surface area contributed by atoms with Gasteiger partial charge in [-0.2, -0.15) is 8.42 Å². The number of ether oxygens (including phenoxy) is 2. The second kappa shape index (κ2) is 6.92. The van der Waals surface area contributed by atoms with E-state index in [9.17, 15) is 18.6 Å². The lowest BCUT2D eigenvalue weighted by molar-refractivity contribution is -0.425. The fourth-order valence-electron chi connectivity index (χ4n) is 3.08. The van der Waals surface area contributed by atoms with Crippen molar-refractivity contribution in [2.24, 2.45) is 0 Å². The molecule has 1 atom stereocenters. The van der Waals surface area contributed by atoms with E-state index in [2.05, 4.69) is 20.3 Å². The van der Waals surface area contributed by atoms with Gasteiger partial charge >= 0.3 is 5.97 Å². The van der Waals surface area contributed by atoms with E-state index >= 15 is 0 Å². The lowest BCUT2D eigenvalue weighted by atomic mass is 10.1. The summed E-state index contributed by atoms with van der Waals surface area (Å²) in [6.07, 6.45) is 2.14. The van der Waals surface area contributed by atoms with Crippen LogP contribution in [0.1, 0.15) is 18.7 Å². The SMILES string of the molecule is COC(O)(O)C1(n2cnc3c(NCCS(=O)(=O)O)nc(C)nc32)CCCO1. The van der Waals surface area contributed by atoms with Crippen molar-refractivity contribution < 1.29 is 32.7 Å². The number of rotatable bonds is 7. The number of aliphatic hydroxyl groups is 2. The second-order valence-electron chi connectivity index (χ2n) is 6.17. The zero-order chi connectivity index (χ0) is 19.9. The Bertz CT molecular complexity index is 937. The molecule has 1 saturated heterocycles. The molecule has 150 valence electrons. The van der Waals surface area contributed by atoms with Crippen molar-refractivity contribution in [2.75, 3.05) is 31.3 Å². The third-order valence-corrected chi connectivity index (χ3v) is 5.06. The number of methoxy groups -OCH3 is 1. The number of aromatic nitrogens is 4. The van der Waals surface area contributed by atoms with Crippen LogP contribution in [0.4, 0.5) is 5.82 Å². The highest BCUT2D eigenvalue weighted by Gasteiger charge is 2.56. The normalized spacial score (nSPS) is 21.1. The molecule has 3 rings (SSSR count). The van der Waals surface area contributed by atoms with Crippen molar-refractivity contribution in [3.63, 3.8) is 0 Å². The van der Waals surface area contributed by atoms with Crippen LogP contribution in [-0.2, 0) is 25.3 Å². The zero-order valence-electron chi connectivity index (χ0n) is 14.8. The van der Waals surface area contributed by atoms with Gasteiger partial charge in [-0.15, -0.1) is 0 Å². The van der Waals surface area contributed by atoms with Gasteiger partial charge in [-0.1, -0.05) is 0 Å². The van der Waals surface area contributed by atoms with Gasteiger partial charge in [0.1, 0.15) is 5.82 Å². The number of hydrogen-bond acceptors (Lipinski definition) is 10. The molecule has 0 aliphatic carbocycles. The molecule has 0 spiro atoms. The minimum atomic E-state index is -4.13. The first-order chi connectivity index (χ1) is 12.6. The van der Waals surface area contributed by atoms with E-state index in [1.807, 2.05) is 0 Å². The van der Waals surface area contributed by atoms with E-state index in [0.717, 1.165) is 7.11 Å². The van der Waals surface area contributed by atoms with Crippen LogP contribution in [0.3, 0.4) is 0 Å². The van der Waals surface area contributed by atoms with Crippen molar-refractivity contribution in [1.82, 2.24) is 19.5 Å². The predicted octanol–water partition coefficient (Wildman–Crippen LogP) is -0.818. The van der Waals surface area contributed by atoms with E-state index in [4.69, 9.17) is 14.0 Å². The lowest BCUT2D eigenvalue weighted by Gasteiger charge is -2.39. The number of nitrogens with zero attached hydrogens (tertiary/aromatic N) is 4. The highest BCUT2D eigenvalue weighted by Crippen LogP contribution is 2.41. The molecule has 0 radical (unpaired) electrons. The largest absolute Gasteiger partial charge is 0.367 e. The quantitative estimate of drug-likeness (QED) is 0.336. The Balaban J connectivity index is 2.06. The summed E-state index contributed by atoms with van der Waals surface area (Å²) in [6, 6.07) is 0. The van der Waals surface area contributed by atoms with Crippen LogP contribution in [0.5, 0.6) is 0 Å². The summed E-state index contributed by atoms with van der Waals surface area (Å²) in [7, 11) is -2.99. The van der Waals surface area contributed by atoms with Gasteiger partial charge in [0.25, 0.3) is 10.1 Å². The molecule has 13 heteroatoms. The van der Waals surface area contributed by atoms with Crippen molar-refractivity contribution in [3.05, 3.63) is 12.2 Å². The number of anilines is 1. The number of fused-ring (bicyclic) bond motifs is 1. The van der Waals surface area contributed by atoms with Crippen molar-refractivity contribution >= 4 is 27.1 Å². The summed E-state index contributed by atoms with van der Waals surface area (Å²) in [5, 5.41) is 23.6. The molecule has 1 aliphatic heterocycles. The smallest absolute Gasteiger partial charge is 0.329 e. The first-order valence-corrected chi connectivity index (χ1v) is 9.75. The fourth-order valence-corrected chi connectivity index (χ4v) is 3.44. The molecule has 3 heterocycles. The molecule has 0 aromatic carbocycles. The molecule has 0 amide bonds. The molecule has 2 aromatic heterocycles. The third-order valence-electron chi connectivity index (χ3n) is 4.34. The number of aryl methyl sites for hydroxylation is 1. The van der Waals surface area contributed by atoms with Gasteiger partial charge in [0, 0.05) is 20.1 Å². The maximum absolute atomic E-state index is 10.9. The van der Waals surface area contributed by atoms with Crippen molar-refractivity contribution in [1.29, 1.82) is 0 Å². The summed E-state index contributed by atoms with van der Waals surface area (Å²) < 4.78 is 42.5. The van der Waals surface area contributed by atoms with Crippen LogP contribution < -0.4 is 5.32 Å². The molecule has 27 heavy (non-hydrogen) atoms. The molecule has 1 unspecified atom stereocenters. The van der Waals surface area contributed by atoms with E-state index in [0.29, 0.717) is 12.2 Å². The Morgan fingerprint density at radius 1 is 1.44 bits per heavy atom. The molecular formula is C14H21N5O7S. The van der Waals surface area contributed by atoms with E-state index < -0.39 is 27.6 Å². The average Bonchev–Trinajstić information content (AvgIpc) is 3.21. The van der Waals surface area contributed by atoms with Crippen LogP contribution in [-0.4, -0.2) is 74.7 Å². The first-order valence-electron chi connectivity index (χ1n) is 8.15. The summed E-state index contributed by atoms with van der Waals surface area (Å²) in [6.45, 7) is 1.81. The Morgan fingerprint density at radius 3 is 2.78 bits per heavy atom. The van der Waals surface area contributed by atoms with E-state index in [1.54, 1.807) is 6.92 Å². The zero-order valence-corrected chi connectivity index (χ0v) is 15.6. The van der Waals surface area contributed by atoms with Gasteiger partial charge in [-0.05, 0) is 13.3 Å². The van der Waals surface area contributed by atoms with Crippen LogP contribution in [0.15, 0.2) is 6.33 Å². The monoisotopic (exact) mass is 403 g/mol. The second-order valence-corrected chi connectivity index (χ2v) is 7.74. The molecule has 1 fully saturated rings. The molecular weight excluding hydrogens is 382 g/mol. The summed E-state index contributed by atoms with van der Waals surface area (Å²) in [4.78, 5) is 12.7. The van der Waals surface area contributed by atoms with Crippen LogP contribution in [0, 0.1) is 6.92 Å². The molecule has 12 nitrogen and oxygen atoms in total. The highest BCUT2D eigenvalue weighted by atomic mass is 32.2. The first kappa shape index (κ1) is 19.9. The topological polar surface area (TPSA) is 169 Å². The van der Waals surface area contributed by atoms with E-state index in [-0.39, 0.29) is 36.6 Å². The third kappa shape index (κ3) is 3.61. The van der Waals surface area contributed by atoms with Gasteiger partial charge in [-0.25, -0.2) is 15.0 Å². The van der Waals surface area contributed by atoms with Crippen molar-refractivity contribution in [2.45, 2.75) is 31.5 Å². The molecule has 2 aromatic rings. The highest BCUT2D eigenvalue weighted by molar-refractivity contribution is 7.85. The molecule has 4 N–H and O–H groups in total. The Morgan fingerprint density at radius 2 is 2.19 bits per heavy atom.